The maximum atomic E-state index is 10.0. The highest BCUT2D eigenvalue weighted by atomic mass is 35.5. The Balaban J connectivity index is 1.67. The zero-order valence-electron chi connectivity index (χ0n) is 11.8. The van der Waals surface area contributed by atoms with E-state index in [0.717, 1.165) is 37.5 Å². The first kappa shape index (κ1) is 14.3. The molecule has 0 aromatic heterocycles. The molecule has 0 aliphatic carbocycles. The number of nitrogens with one attached hydrogen (secondary N) is 1. The van der Waals surface area contributed by atoms with E-state index in [9.17, 15) is 5.11 Å². The average Bonchev–Trinajstić information content (AvgIpc) is 2.83. The van der Waals surface area contributed by atoms with Crippen LogP contribution in [0.4, 0.5) is 0 Å². The topological polar surface area (TPSA) is 35.5 Å². The minimum Gasteiger partial charge on any atom is -0.392 e. The van der Waals surface area contributed by atoms with Crippen LogP contribution >= 0.6 is 11.6 Å². The molecule has 1 aromatic carbocycles. The van der Waals surface area contributed by atoms with E-state index >= 15 is 0 Å². The Morgan fingerprint density at radius 1 is 1.20 bits per heavy atom. The number of rotatable bonds is 3. The SMILES string of the molecule is O[C@@H]1C[C@H](Cc2ccc(Cl)cc2)N(C2CCNCC2)C1. The van der Waals surface area contributed by atoms with Crippen molar-refractivity contribution in [2.24, 2.45) is 0 Å². The Hall–Kier alpha value is -0.610. The average molecular weight is 295 g/mol. The van der Waals surface area contributed by atoms with E-state index in [1.54, 1.807) is 0 Å². The summed E-state index contributed by atoms with van der Waals surface area (Å²) in [5.74, 6) is 0. The van der Waals surface area contributed by atoms with Gasteiger partial charge in [-0.2, -0.15) is 0 Å². The van der Waals surface area contributed by atoms with Crippen LogP contribution < -0.4 is 5.32 Å². The van der Waals surface area contributed by atoms with Gasteiger partial charge in [-0.25, -0.2) is 0 Å². The summed E-state index contributed by atoms with van der Waals surface area (Å²) >= 11 is 5.94. The quantitative estimate of drug-likeness (QED) is 0.896. The molecule has 110 valence electrons. The number of hydrogen-bond donors (Lipinski definition) is 2. The zero-order valence-corrected chi connectivity index (χ0v) is 12.5. The molecule has 2 N–H and O–H groups in total. The molecular weight excluding hydrogens is 272 g/mol. The lowest BCUT2D eigenvalue weighted by Crippen LogP contribution is -2.46. The number of halogens is 1. The smallest absolute Gasteiger partial charge is 0.0682 e. The normalized spacial score (nSPS) is 28.9. The Morgan fingerprint density at radius 2 is 1.90 bits per heavy atom. The fourth-order valence-electron chi connectivity index (χ4n) is 3.60. The summed E-state index contributed by atoms with van der Waals surface area (Å²) in [7, 11) is 0. The maximum absolute atomic E-state index is 10.0. The van der Waals surface area contributed by atoms with Gasteiger partial charge in [-0.05, 0) is 56.5 Å². The highest BCUT2D eigenvalue weighted by Gasteiger charge is 2.35. The van der Waals surface area contributed by atoms with E-state index in [1.165, 1.54) is 18.4 Å². The molecule has 4 heteroatoms. The van der Waals surface area contributed by atoms with Crippen molar-refractivity contribution in [2.75, 3.05) is 19.6 Å². The van der Waals surface area contributed by atoms with Crippen molar-refractivity contribution >= 4 is 11.6 Å². The van der Waals surface area contributed by atoms with Crippen molar-refractivity contribution in [3.63, 3.8) is 0 Å². The lowest BCUT2D eigenvalue weighted by molar-refractivity contribution is 0.126. The maximum Gasteiger partial charge on any atom is 0.0682 e. The molecule has 0 amide bonds. The number of nitrogens with zero attached hydrogens (tertiary/aromatic N) is 1. The van der Waals surface area contributed by atoms with Crippen LogP contribution in [0.15, 0.2) is 24.3 Å². The third kappa shape index (κ3) is 3.34. The molecule has 20 heavy (non-hydrogen) atoms. The monoisotopic (exact) mass is 294 g/mol. The van der Waals surface area contributed by atoms with Gasteiger partial charge in [0.2, 0.25) is 0 Å². The molecule has 3 rings (SSSR count). The van der Waals surface area contributed by atoms with Gasteiger partial charge >= 0.3 is 0 Å². The van der Waals surface area contributed by atoms with Crippen LogP contribution in [-0.2, 0) is 6.42 Å². The first-order chi connectivity index (χ1) is 9.72. The van der Waals surface area contributed by atoms with Gasteiger partial charge < -0.3 is 10.4 Å². The number of aliphatic hydroxyl groups is 1. The van der Waals surface area contributed by atoms with E-state index < -0.39 is 0 Å². The Bertz CT molecular complexity index is 431. The molecule has 2 heterocycles. The van der Waals surface area contributed by atoms with Crippen molar-refractivity contribution in [3.8, 4) is 0 Å². The molecule has 0 spiro atoms. The molecule has 2 saturated heterocycles. The van der Waals surface area contributed by atoms with Gasteiger partial charge in [-0.3, -0.25) is 4.90 Å². The van der Waals surface area contributed by atoms with Gasteiger partial charge in [0.05, 0.1) is 6.10 Å². The van der Waals surface area contributed by atoms with Crippen LogP contribution in [0.2, 0.25) is 5.02 Å². The van der Waals surface area contributed by atoms with Gasteiger partial charge in [0.15, 0.2) is 0 Å². The second kappa shape index (κ2) is 6.44. The highest BCUT2D eigenvalue weighted by molar-refractivity contribution is 6.30. The number of hydrogen-bond acceptors (Lipinski definition) is 3. The Morgan fingerprint density at radius 3 is 2.60 bits per heavy atom. The van der Waals surface area contributed by atoms with Crippen molar-refractivity contribution in [1.29, 1.82) is 0 Å². The van der Waals surface area contributed by atoms with Gasteiger partial charge in [0.1, 0.15) is 0 Å². The largest absolute Gasteiger partial charge is 0.392 e. The number of β-amino-alcohol motifs (C(OH)–C–C–N with tert-alkyl or cyclic N) is 1. The van der Waals surface area contributed by atoms with Crippen LogP contribution in [0.25, 0.3) is 0 Å². The number of aliphatic hydroxyl groups excluding tert-OH is 1. The lowest BCUT2D eigenvalue weighted by atomic mass is 9.99. The van der Waals surface area contributed by atoms with Crippen LogP contribution in [0.1, 0.15) is 24.8 Å². The third-order valence-electron chi connectivity index (χ3n) is 4.60. The summed E-state index contributed by atoms with van der Waals surface area (Å²) in [5, 5.41) is 14.2. The van der Waals surface area contributed by atoms with E-state index in [2.05, 4.69) is 22.3 Å². The number of likely N-dealkylation sites (tertiary alicyclic amines) is 1. The van der Waals surface area contributed by atoms with E-state index in [1.807, 2.05) is 12.1 Å². The molecule has 0 bridgehead atoms. The summed E-state index contributed by atoms with van der Waals surface area (Å²) in [5.41, 5.74) is 1.31. The van der Waals surface area contributed by atoms with E-state index in [0.29, 0.717) is 12.1 Å². The van der Waals surface area contributed by atoms with Crippen LogP contribution in [-0.4, -0.2) is 47.8 Å². The summed E-state index contributed by atoms with van der Waals surface area (Å²) in [4.78, 5) is 2.54. The van der Waals surface area contributed by atoms with Crippen molar-refractivity contribution in [2.45, 2.75) is 43.9 Å². The first-order valence-electron chi connectivity index (χ1n) is 7.61. The third-order valence-corrected chi connectivity index (χ3v) is 4.85. The number of benzene rings is 1. The highest BCUT2D eigenvalue weighted by Crippen LogP contribution is 2.27. The lowest BCUT2D eigenvalue weighted by Gasteiger charge is -2.35. The Labute approximate surface area is 125 Å². The summed E-state index contributed by atoms with van der Waals surface area (Å²) < 4.78 is 0. The van der Waals surface area contributed by atoms with Gasteiger partial charge in [0.25, 0.3) is 0 Å². The van der Waals surface area contributed by atoms with Crippen molar-refractivity contribution in [1.82, 2.24) is 10.2 Å². The van der Waals surface area contributed by atoms with Crippen LogP contribution in [0.5, 0.6) is 0 Å². The molecule has 0 radical (unpaired) electrons. The second-order valence-corrected chi connectivity index (χ2v) is 6.49. The van der Waals surface area contributed by atoms with E-state index in [4.69, 9.17) is 11.6 Å². The van der Waals surface area contributed by atoms with Gasteiger partial charge in [0, 0.05) is 23.7 Å². The molecule has 0 unspecified atom stereocenters. The first-order valence-corrected chi connectivity index (χ1v) is 7.99. The molecule has 0 saturated carbocycles. The summed E-state index contributed by atoms with van der Waals surface area (Å²) in [6.07, 6.45) is 4.14. The fourth-order valence-corrected chi connectivity index (χ4v) is 3.72. The molecule has 2 aliphatic heterocycles. The zero-order chi connectivity index (χ0) is 13.9. The van der Waals surface area contributed by atoms with Gasteiger partial charge in [-0.1, -0.05) is 23.7 Å². The van der Waals surface area contributed by atoms with Crippen LogP contribution in [0, 0.1) is 0 Å². The van der Waals surface area contributed by atoms with Crippen molar-refractivity contribution < 1.29 is 5.11 Å². The second-order valence-electron chi connectivity index (χ2n) is 6.05. The number of piperidine rings is 1. The minimum atomic E-state index is -0.165. The standard InChI is InChI=1S/C16H23ClN2O/c17-13-3-1-12(2-4-13)9-15-10-16(20)11-19(15)14-5-7-18-8-6-14/h1-4,14-16,18,20H,5-11H2/t15-,16+/m0/s1. The molecule has 2 fully saturated rings. The molecule has 1 aromatic rings. The summed E-state index contributed by atoms with van der Waals surface area (Å²) in [6.45, 7) is 3.04. The van der Waals surface area contributed by atoms with Gasteiger partial charge in [-0.15, -0.1) is 0 Å². The molecule has 2 atom stereocenters. The summed E-state index contributed by atoms with van der Waals surface area (Å²) in [6, 6.07) is 9.22. The molecular formula is C16H23ClN2O. The predicted octanol–water partition coefficient (Wildman–Crippen LogP) is 2.07. The Kier molecular flexibility index (Phi) is 4.61. The van der Waals surface area contributed by atoms with Crippen molar-refractivity contribution in [3.05, 3.63) is 34.9 Å². The minimum absolute atomic E-state index is 0.165. The van der Waals surface area contributed by atoms with E-state index in [-0.39, 0.29) is 6.10 Å². The fraction of sp³-hybridized carbons (Fsp3) is 0.625. The molecule has 2 aliphatic rings. The molecule has 3 nitrogen and oxygen atoms in total. The predicted molar refractivity (Wildman–Crippen MR) is 82.2 cm³/mol. The van der Waals surface area contributed by atoms with Crippen LogP contribution in [0.3, 0.4) is 0 Å².